The highest BCUT2D eigenvalue weighted by atomic mass is 32.1. The molecule has 21 heavy (non-hydrogen) atoms. The Morgan fingerprint density at radius 1 is 1.52 bits per heavy atom. The van der Waals surface area contributed by atoms with E-state index < -0.39 is 0 Å². The Bertz CT molecular complexity index is 660. The van der Waals surface area contributed by atoms with Crippen molar-refractivity contribution in [2.75, 3.05) is 6.61 Å². The first-order valence-electron chi connectivity index (χ1n) is 6.76. The van der Waals surface area contributed by atoms with Crippen LogP contribution in [0.5, 0.6) is 0 Å². The van der Waals surface area contributed by atoms with E-state index in [-0.39, 0.29) is 12.5 Å². The second-order valence-electron chi connectivity index (χ2n) is 4.37. The van der Waals surface area contributed by atoms with Crippen LogP contribution in [0.3, 0.4) is 0 Å². The first-order chi connectivity index (χ1) is 10.2. The molecule has 2 rings (SSSR count). The van der Waals surface area contributed by atoms with Crippen molar-refractivity contribution in [1.82, 2.24) is 5.32 Å². The quantitative estimate of drug-likeness (QED) is 0.835. The van der Waals surface area contributed by atoms with Crippen LogP contribution in [-0.2, 0) is 13.0 Å². The minimum atomic E-state index is -0.123. The van der Waals surface area contributed by atoms with Crippen molar-refractivity contribution in [2.45, 2.75) is 26.3 Å². The average Bonchev–Trinajstić information content (AvgIpc) is 3.14. The van der Waals surface area contributed by atoms with Gasteiger partial charge in [0, 0.05) is 28.7 Å². The maximum atomic E-state index is 12.1. The van der Waals surface area contributed by atoms with Gasteiger partial charge in [-0.05, 0) is 12.1 Å². The number of carbonyl (C=O) groups is 1. The number of furan rings is 1. The van der Waals surface area contributed by atoms with E-state index in [1.54, 1.807) is 17.4 Å². The number of aliphatic hydroxyl groups excluding tert-OH is 1. The van der Waals surface area contributed by atoms with Crippen LogP contribution in [0.25, 0.3) is 0 Å². The summed E-state index contributed by atoms with van der Waals surface area (Å²) in [5, 5.41) is 13.5. The summed E-state index contributed by atoms with van der Waals surface area (Å²) in [6.07, 6.45) is 2.70. The molecule has 0 atom stereocenters. The molecule has 0 unspecified atom stereocenters. The van der Waals surface area contributed by atoms with Gasteiger partial charge in [0.25, 0.3) is 5.91 Å². The van der Waals surface area contributed by atoms with Gasteiger partial charge in [-0.15, -0.1) is 11.3 Å². The fourth-order valence-electron chi connectivity index (χ4n) is 1.84. The molecule has 0 saturated heterocycles. The largest absolute Gasteiger partial charge is 0.469 e. The first-order valence-corrected chi connectivity index (χ1v) is 7.64. The molecular weight excluding hydrogens is 286 g/mol. The molecule has 0 aromatic carbocycles. The molecule has 0 aliphatic heterocycles. The van der Waals surface area contributed by atoms with Crippen molar-refractivity contribution >= 4 is 17.2 Å². The van der Waals surface area contributed by atoms with Gasteiger partial charge in [-0.3, -0.25) is 4.79 Å². The summed E-state index contributed by atoms with van der Waals surface area (Å²) in [5.41, 5.74) is 1.51. The topological polar surface area (TPSA) is 62.5 Å². The zero-order valence-electron chi connectivity index (χ0n) is 11.8. The zero-order valence-corrected chi connectivity index (χ0v) is 12.6. The van der Waals surface area contributed by atoms with E-state index in [0.29, 0.717) is 30.7 Å². The Morgan fingerprint density at radius 3 is 3.14 bits per heavy atom. The first kappa shape index (κ1) is 15.4. The van der Waals surface area contributed by atoms with Crippen LogP contribution in [0, 0.1) is 11.8 Å². The van der Waals surface area contributed by atoms with Crippen molar-refractivity contribution in [3.05, 3.63) is 45.5 Å². The van der Waals surface area contributed by atoms with Gasteiger partial charge < -0.3 is 14.8 Å². The molecule has 1 amide bonds. The number of amides is 1. The highest BCUT2D eigenvalue weighted by molar-refractivity contribution is 7.10. The van der Waals surface area contributed by atoms with Gasteiger partial charge >= 0.3 is 0 Å². The predicted octanol–water partition coefficient (Wildman–Crippen LogP) is 2.57. The van der Waals surface area contributed by atoms with Gasteiger partial charge in [-0.1, -0.05) is 18.8 Å². The molecule has 5 heteroatoms. The summed E-state index contributed by atoms with van der Waals surface area (Å²) in [7, 11) is 0. The molecule has 2 aromatic heterocycles. The summed E-state index contributed by atoms with van der Waals surface area (Å²) in [5.74, 6) is 6.43. The van der Waals surface area contributed by atoms with Crippen LogP contribution in [0.15, 0.2) is 28.2 Å². The zero-order chi connectivity index (χ0) is 15.1. The SMILES string of the molecule is CCc1occc1C(=O)NCc1cc(C#CCCO)cs1. The summed E-state index contributed by atoms with van der Waals surface area (Å²) in [6, 6.07) is 3.64. The Morgan fingerprint density at radius 2 is 2.38 bits per heavy atom. The Labute approximate surface area is 127 Å². The standard InChI is InChI=1S/C16H17NO3S/c1-2-15-14(6-8-20-15)16(19)17-10-13-9-12(11-21-13)5-3-4-7-18/h6,8-9,11,18H,2,4,7,10H2,1H3,(H,17,19). The number of aryl methyl sites for hydroxylation is 1. The van der Waals surface area contributed by atoms with Gasteiger partial charge in [-0.2, -0.15) is 0 Å². The molecule has 0 aliphatic carbocycles. The summed E-state index contributed by atoms with van der Waals surface area (Å²) < 4.78 is 5.25. The van der Waals surface area contributed by atoms with Crippen molar-refractivity contribution in [3.8, 4) is 11.8 Å². The number of hydrogen-bond acceptors (Lipinski definition) is 4. The monoisotopic (exact) mass is 303 g/mol. The Kier molecular flexibility index (Phi) is 5.61. The Balaban J connectivity index is 1.92. The van der Waals surface area contributed by atoms with Crippen LogP contribution in [0.4, 0.5) is 0 Å². The number of rotatable bonds is 5. The predicted molar refractivity (Wildman–Crippen MR) is 82.2 cm³/mol. The van der Waals surface area contributed by atoms with Gasteiger partial charge in [0.15, 0.2) is 0 Å². The third kappa shape index (κ3) is 4.22. The molecule has 0 radical (unpaired) electrons. The maximum absolute atomic E-state index is 12.1. The lowest BCUT2D eigenvalue weighted by molar-refractivity contribution is 0.0949. The lowest BCUT2D eigenvalue weighted by Crippen LogP contribution is -2.22. The highest BCUT2D eigenvalue weighted by Crippen LogP contribution is 2.15. The minimum absolute atomic E-state index is 0.0739. The molecule has 0 saturated carbocycles. The number of carbonyl (C=O) groups excluding carboxylic acids is 1. The molecule has 2 heterocycles. The smallest absolute Gasteiger partial charge is 0.255 e. The second-order valence-corrected chi connectivity index (χ2v) is 5.37. The summed E-state index contributed by atoms with van der Waals surface area (Å²) in [4.78, 5) is 13.1. The second kappa shape index (κ2) is 7.67. The third-order valence-electron chi connectivity index (χ3n) is 2.86. The molecule has 2 aromatic rings. The molecule has 0 spiro atoms. The normalized spacial score (nSPS) is 10.0. The molecule has 4 nitrogen and oxygen atoms in total. The number of nitrogens with one attached hydrogen (secondary N) is 1. The minimum Gasteiger partial charge on any atom is -0.469 e. The molecule has 2 N–H and O–H groups in total. The van der Waals surface area contributed by atoms with Gasteiger partial charge in [0.2, 0.25) is 0 Å². The van der Waals surface area contributed by atoms with E-state index in [1.807, 2.05) is 18.4 Å². The molecule has 0 aliphatic rings. The number of thiophene rings is 1. The van der Waals surface area contributed by atoms with E-state index in [2.05, 4.69) is 17.2 Å². The van der Waals surface area contributed by atoms with Crippen LogP contribution in [0.2, 0.25) is 0 Å². The molecule has 0 fully saturated rings. The van der Waals surface area contributed by atoms with Crippen LogP contribution in [0.1, 0.15) is 39.9 Å². The molecular formula is C16H17NO3S. The van der Waals surface area contributed by atoms with Gasteiger partial charge in [0.1, 0.15) is 5.76 Å². The summed E-state index contributed by atoms with van der Waals surface area (Å²) >= 11 is 1.55. The van der Waals surface area contributed by atoms with E-state index in [9.17, 15) is 4.79 Å². The summed E-state index contributed by atoms with van der Waals surface area (Å²) in [6.45, 7) is 2.50. The number of aliphatic hydroxyl groups is 1. The maximum Gasteiger partial charge on any atom is 0.255 e. The Hall–Kier alpha value is -2.03. The lowest BCUT2D eigenvalue weighted by Gasteiger charge is -2.02. The number of hydrogen-bond donors (Lipinski definition) is 2. The van der Waals surface area contributed by atoms with Crippen molar-refractivity contribution < 1.29 is 14.3 Å². The van der Waals surface area contributed by atoms with E-state index in [1.165, 1.54) is 6.26 Å². The fraction of sp³-hybridized carbons (Fsp3) is 0.312. The fourth-order valence-corrected chi connectivity index (χ4v) is 2.59. The lowest BCUT2D eigenvalue weighted by atomic mass is 10.2. The van der Waals surface area contributed by atoms with Crippen LogP contribution < -0.4 is 5.32 Å². The van der Waals surface area contributed by atoms with E-state index >= 15 is 0 Å². The van der Waals surface area contributed by atoms with Crippen LogP contribution in [-0.4, -0.2) is 17.6 Å². The van der Waals surface area contributed by atoms with Crippen molar-refractivity contribution in [1.29, 1.82) is 0 Å². The van der Waals surface area contributed by atoms with Crippen LogP contribution >= 0.6 is 11.3 Å². The third-order valence-corrected chi connectivity index (χ3v) is 3.79. The van der Waals surface area contributed by atoms with Gasteiger partial charge in [0.05, 0.1) is 25.0 Å². The van der Waals surface area contributed by atoms with E-state index in [0.717, 1.165) is 10.4 Å². The average molecular weight is 303 g/mol. The van der Waals surface area contributed by atoms with Gasteiger partial charge in [-0.25, -0.2) is 0 Å². The van der Waals surface area contributed by atoms with Crippen molar-refractivity contribution in [2.24, 2.45) is 0 Å². The van der Waals surface area contributed by atoms with E-state index in [4.69, 9.17) is 9.52 Å². The molecule has 110 valence electrons. The highest BCUT2D eigenvalue weighted by Gasteiger charge is 2.12. The van der Waals surface area contributed by atoms with Crippen molar-refractivity contribution in [3.63, 3.8) is 0 Å². The molecule has 0 bridgehead atoms.